The zero-order chi connectivity index (χ0) is 21.3. The van der Waals surface area contributed by atoms with E-state index in [1.807, 2.05) is 43.9 Å². The molecule has 1 atom stereocenters. The number of carbonyl (C=O) groups is 2. The highest BCUT2D eigenvalue weighted by Crippen LogP contribution is 2.33. The number of thioether (sulfide) groups is 1. The first kappa shape index (κ1) is 20.4. The number of furan rings is 1. The summed E-state index contributed by atoms with van der Waals surface area (Å²) in [6.45, 7) is 7.23. The molecule has 1 N–H and O–H groups in total. The number of likely N-dealkylation sites (tertiary alicyclic amines) is 1. The van der Waals surface area contributed by atoms with Crippen molar-refractivity contribution < 1.29 is 14.0 Å². The van der Waals surface area contributed by atoms with Crippen LogP contribution in [-0.2, 0) is 4.79 Å². The van der Waals surface area contributed by atoms with Gasteiger partial charge in [-0.15, -0.1) is 0 Å². The highest BCUT2D eigenvalue weighted by molar-refractivity contribution is 8.00. The van der Waals surface area contributed by atoms with Crippen molar-refractivity contribution >= 4 is 40.5 Å². The summed E-state index contributed by atoms with van der Waals surface area (Å²) in [4.78, 5) is 36.4. The van der Waals surface area contributed by atoms with Crippen LogP contribution in [0.2, 0.25) is 0 Å². The molecule has 0 aliphatic carbocycles. The maximum atomic E-state index is 12.7. The van der Waals surface area contributed by atoms with Crippen LogP contribution in [0.15, 0.2) is 39.9 Å². The molecule has 2 amide bonds. The molecule has 7 nitrogen and oxygen atoms in total. The Labute approximate surface area is 179 Å². The van der Waals surface area contributed by atoms with Crippen molar-refractivity contribution in [2.24, 2.45) is 0 Å². The van der Waals surface area contributed by atoms with E-state index in [-0.39, 0.29) is 17.1 Å². The molecular formula is C22H24N4O3S. The fourth-order valence-corrected chi connectivity index (χ4v) is 4.39. The molecule has 8 heteroatoms. The van der Waals surface area contributed by atoms with Crippen LogP contribution in [0, 0.1) is 13.8 Å². The first-order valence-electron chi connectivity index (χ1n) is 10.0. The average Bonchev–Trinajstić information content (AvgIpc) is 3.37. The third-order valence-corrected chi connectivity index (χ3v) is 6.27. The summed E-state index contributed by atoms with van der Waals surface area (Å²) in [5.41, 5.74) is 1.83. The summed E-state index contributed by atoms with van der Waals surface area (Å²) < 4.78 is 5.80. The molecule has 3 heterocycles. The van der Waals surface area contributed by atoms with E-state index >= 15 is 0 Å². The van der Waals surface area contributed by atoms with Gasteiger partial charge in [-0.3, -0.25) is 9.59 Å². The lowest BCUT2D eigenvalue weighted by Crippen LogP contribution is -2.34. The zero-order valence-corrected chi connectivity index (χ0v) is 18.1. The number of hydrogen-bond acceptors (Lipinski definition) is 6. The van der Waals surface area contributed by atoms with Crippen molar-refractivity contribution in [2.45, 2.75) is 44.0 Å². The number of nitrogens with zero attached hydrogens (tertiary/aromatic N) is 3. The van der Waals surface area contributed by atoms with E-state index in [1.165, 1.54) is 11.8 Å². The van der Waals surface area contributed by atoms with Crippen LogP contribution in [0.1, 0.15) is 41.4 Å². The second-order valence-corrected chi connectivity index (χ2v) is 8.74. The van der Waals surface area contributed by atoms with Crippen LogP contribution in [0.5, 0.6) is 0 Å². The van der Waals surface area contributed by atoms with E-state index in [1.54, 1.807) is 12.1 Å². The molecule has 156 valence electrons. The van der Waals surface area contributed by atoms with Crippen LogP contribution in [0.25, 0.3) is 11.1 Å². The summed E-state index contributed by atoms with van der Waals surface area (Å²) in [5.74, 6) is 0.943. The highest BCUT2D eigenvalue weighted by atomic mass is 32.2. The van der Waals surface area contributed by atoms with E-state index in [0.717, 1.165) is 37.3 Å². The predicted molar refractivity (Wildman–Crippen MR) is 117 cm³/mol. The van der Waals surface area contributed by atoms with Gasteiger partial charge in [-0.1, -0.05) is 30.0 Å². The minimum absolute atomic E-state index is 0.0860. The molecule has 4 rings (SSSR count). The summed E-state index contributed by atoms with van der Waals surface area (Å²) >= 11 is 1.28. The van der Waals surface area contributed by atoms with Gasteiger partial charge < -0.3 is 14.6 Å². The van der Waals surface area contributed by atoms with Crippen molar-refractivity contribution in [3.05, 3.63) is 47.2 Å². The molecule has 30 heavy (non-hydrogen) atoms. The van der Waals surface area contributed by atoms with Crippen molar-refractivity contribution in [2.75, 3.05) is 18.4 Å². The van der Waals surface area contributed by atoms with Gasteiger partial charge in [-0.2, -0.15) is 4.98 Å². The number of carbonyl (C=O) groups excluding carboxylic acids is 2. The number of nitrogens with one attached hydrogen (secondary N) is 1. The Morgan fingerprint density at radius 3 is 2.53 bits per heavy atom. The van der Waals surface area contributed by atoms with Crippen LogP contribution < -0.4 is 5.32 Å². The summed E-state index contributed by atoms with van der Waals surface area (Å²) in [6, 6.07) is 8.97. The van der Waals surface area contributed by atoms with Gasteiger partial charge in [0.1, 0.15) is 11.6 Å². The maximum absolute atomic E-state index is 12.7. The Hall–Kier alpha value is -2.87. The number of aromatic nitrogens is 2. The van der Waals surface area contributed by atoms with Crippen LogP contribution in [0.4, 0.5) is 5.82 Å². The molecule has 1 aromatic carbocycles. The maximum Gasteiger partial charge on any atom is 0.256 e. The lowest BCUT2D eigenvalue weighted by molar-refractivity contribution is -0.129. The number of hydrogen-bond donors (Lipinski definition) is 1. The number of amides is 2. The molecule has 2 aromatic heterocycles. The summed E-state index contributed by atoms with van der Waals surface area (Å²) in [6.07, 6.45) is 2.10. The molecule has 3 aromatic rings. The topological polar surface area (TPSA) is 88.3 Å². The van der Waals surface area contributed by atoms with Gasteiger partial charge in [0.2, 0.25) is 11.6 Å². The van der Waals surface area contributed by atoms with Gasteiger partial charge in [0.05, 0.1) is 10.6 Å². The molecule has 1 fully saturated rings. The second-order valence-electron chi connectivity index (χ2n) is 7.43. The molecule has 1 aliphatic rings. The van der Waals surface area contributed by atoms with Gasteiger partial charge in [0.25, 0.3) is 5.91 Å². The Morgan fingerprint density at radius 1 is 1.13 bits per heavy atom. The molecule has 1 saturated heterocycles. The first-order chi connectivity index (χ1) is 14.4. The van der Waals surface area contributed by atoms with Crippen LogP contribution >= 0.6 is 11.8 Å². The number of rotatable bonds is 5. The molecular weight excluding hydrogens is 400 g/mol. The van der Waals surface area contributed by atoms with Gasteiger partial charge in [-0.05, 0) is 45.7 Å². The van der Waals surface area contributed by atoms with Gasteiger partial charge in [0, 0.05) is 24.2 Å². The average molecular weight is 425 g/mol. The van der Waals surface area contributed by atoms with Crippen LogP contribution in [-0.4, -0.2) is 45.0 Å². The molecule has 0 radical (unpaired) electrons. The highest BCUT2D eigenvalue weighted by Gasteiger charge is 2.26. The predicted octanol–water partition coefficient (Wildman–Crippen LogP) is 4.19. The molecule has 0 spiro atoms. The first-order valence-corrected chi connectivity index (χ1v) is 10.9. The lowest BCUT2D eigenvalue weighted by Gasteiger charge is -2.19. The van der Waals surface area contributed by atoms with E-state index in [2.05, 4.69) is 15.3 Å². The fraction of sp³-hybridized carbons (Fsp3) is 0.364. The third-order valence-electron chi connectivity index (χ3n) is 5.32. The second kappa shape index (κ2) is 8.47. The largest absolute Gasteiger partial charge is 0.443 e. The minimum Gasteiger partial charge on any atom is -0.443 e. The standard InChI is InChI=1S/C22H24N4O3S/c1-13-14(2)29-20-17(13)18(23-19(27)16-9-5-4-6-10-16)24-22(25-20)30-15(3)21(28)26-11-7-8-12-26/h4-6,9-10,15H,7-8,11-12H2,1-3H3,(H,23,24,25,27). The van der Waals surface area contributed by atoms with Gasteiger partial charge in [-0.25, -0.2) is 4.98 Å². The fourth-order valence-electron chi connectivity index (χ4n) is 3.55. The van der Waals surface area contributed by atoms with E-state index in [4.69, 9.17) is 4.42 Å². The minimum atomic E-state index is -0.324. The number of aryl methyl sites for hydroxylation is 2. The molecule has 0 saturated carbocycles. The Balaban J connectivity index is 1.64. The monoisotopic (exact) mass is 424 g/mol. The van der Waals surface area contributed by atoms with Crippen molar-refractivity contribution in [3.8, 4) is 0 Å². The van der Waals surface area contributed by atoms with Gasteiger partial charge in [0.15, 0.2) is 5.16 Å². The quantitative estimate of drug-likeness (QED) is 0.488. The molecule has 0 bridgehead atoms. The van der Waals surface area contributed by atoms with Crippen LogP contribution in [0.3, 0.4) is 0 Å². The SMILES string of the molecule is Cc1oc2nc(SC(C)C(=O)N3CCCC3)nc(NC(=O)c3ccccc3)c2c1C. The van der Waals surface area contributed by atoms with E-state index in [9.17, 15) is 9.59 Å². The number of fused-ring (bicyclic) bond motifs is 1. The zero-order valence-electron chi connectivity index (χ0n) is 17.3. The smallest absolute Gasteiger partial charge is 0.256 e. The van der Waals surface area contributed by atoms with E-state index < -0.39 is 0 Å². The molecule has 1 aliphatic heterocycles. The van der Waals surface area contributed by atoms with E-state index in [0.29, 0.717) is 27.6 Å². The van der Waals surface area contributed by atoms with Crippen molar-refractivity contribution in [1.82, 2.24) is 14.9 Å². The normalized spacial score (nSPS) is 14.8. The Morgan fingerprint density at radius 2 is 1.83 bits per heavy atom. The van der Waals surface area contributed by atoms with Gasteiger partial charge >= 0.3 is 0 Å². The Bertz CT molecular complexity index is 1090. The van der Waals surface area contributed by atoms with Crippen molar-refractivity contribution in [1.29, 1.82) is 0 Å². The third kappa shape index (κ3) is 4.05. The Kier molecular flexibility index (Phi) is 5.76. The lowest BCUT2D eigenvalue weighted by atomic mass is 10.2. The van der Waals surface area contributed by atoms with Crippen molar-refractivity contribution in [3.63, 3.8) is 0 Å². The number of anilines is 1. The number of benzene rings is 1. The summed E-state index contributed by atoms with van der Waals surface area (Å²) in [7, 11) is 0. The molecule has 1 unspecified atom stereocenters. The summed E-state index contributed by atoms with van der Waals surface area (Å²) in [5, 5.41) is 3.65.